The van der Waals surface area contributed by atoms with Gasteiger partial charge in [-0.15, -0.1) is 0 Å². The summed E-state index contributed by atoms with van der Waals surface area (Å²) in [5, 5.41) is 2.46. The van der Waals surface area contributed by atoms with Crippen molar-refractivity contribution >= 4 is 23.7 Å². The van der Waals surface area contributed by atoms with Crippen molar-refractivity contribution in [3.63, 3.8) is 0 Å². The van der Waals surface area contributed by atoms with Crippen LogP contribution in [0.2, 0.25) is 0 Å². The number of amides is 2. The lowest BCUT2D eigenvalue weighted by Gasteiger charge is -2.14. The highest BCUT2D eigenvalue weighted by atomic mass is 16.2. The van der Waals surface area contributed by atoms with E-state index in [1.807, 2.05) is 30.3 Å². The van der Waals surface area contributed by atoms with Crippen LogP contribution in [0, 0.1) is 0 Å². The molecule has 0 spiro atoms. The van der Waals surface area contributed by atoms with E-state index in [0.29, 0.717) is 0 Å². The Bertz CT molecular complexity index is 509. The second-order valence-electron chi connectivity index (χ2n) is 4.26. The largest absolute Gasteiger partial charge is 0.359 e. The summed E-state index contributed by atoms with van der Waals surface area (Å²) in [5.41, 5.74) is 0.849. The summed E-state index contributed by atoms with van der Waals surface area (Å²) in [5.74, 6) is -1.40. The molecular weight excluding hydrogens is 256 g/mol. The zero-order valence-electron chi connectivity index (χ0n) is 11.6. The highest BCUT2D eigenvalue weighted by Crippen LogP contribution is 2.01. The van der Waals surface area contributed by atoms with Gasteiger partial charge in [0.1, 0.15) is 0 Å². The number of carbonyl (C=O) groups excluding carboxylic acids is 3. The van der Waals surface area contributed by atoms with Gasteiger partial charge in [0.25, 0.3) is 5.91 Å². The first-order valence-corrected chi connectivity index (χ1v) is 6.27. The summed E-state index contributed by atoms with van der Waals surface area (Å²) in [4.78, 5) is 35.8. The van der Waals surface area contributed by atoms with Gasteiger partial charge in [0.15, 0.2) is 0 Å². The van der Waals surface area contributed by atoms with Crippen LogP contribution in [-0.2, 0) is 14.4 Å². The van der Waals surface area contributed by atoms with E-state index in [1.165, 1.54) is 25.1 Å². The molecule has 0 saturated carbocycles. The Morgan fingerprint density at radius 2 is 1.85 bits per heavy atom. The van der Waals surface area contributed by atoms with E-state index in [1.54, 1.807) is 6.08 Å². The van der Waals surface area contributed by atoms with E-state index in [2.05, 4.69) is 5.32 Å². The molecular formula is C15H18N2O3. The molecule has 0 unspecified atom stereocenters. The van der Waals surface area contributed by atoms with Crippen LogP contribution < -0.4 is 5.32 Å². The number of carbonyl (C=O) groups is 3. The first kappa shape index (κ1) is 15.6. The van der Waals surface area contributed by atoms with Crippen molar-refractivity contribution < 1.29 is 14.4 Å². The van der Waals surface area contributed by atoms with Crippen molar-refractivity contribution in [3.8, 4) is 0 Å². The van der Waals surface area contributed by atoms with Crippen LogP contribution in [0.25, 0.3) is 6.08 Å². The van der Waals surface area contributed by atoms with Crippen molar-refractivity contribution in [2.24, 2.45) is 0 Å². The van der Waals surface area contributed by atoms with Crippen molar-refractivity contribution in [3.05, 3.63) is 42.0 Å². The van der Waals surface area contributed by atoms with E-state index in [0.717, 1.165) is 5.56 Å². The number of hydrogen-bond donors (Lipinski definition) is 1. The molecule has 0 aliphatic carbocycles. The maximum atomic E-state index is 11.8. The molecule has 5 nitrogen and oxygen atoms in total. The minimum absolute atomic E-state index is 0.170. The summed E-state index contributed by atoms with van der Waals surface area (Å²) >= 11 is 0. The maximum absolute atomic E-state index is 11.8. The molecule has 2 amide bonds. The molecule has 0 bridgehead atoms. The Labute approximate surface area is 118 Å². The third-order valence-electron chi connectivity index (χ3n) is 2.74. The van der Waals surface area contributed by atoms with E-state index in [-0.39, 0.29) is 18.9 Å². The third-order valence-corrected chi connectivity index (χ3v) is 2.74. The van der Waals surface area contributed by atoms with Gasteiger partial charge in [0.2, 0.25) is 11.7 Å². The van der Waals surface area contributed by atoms with Crippen molar-refractivity contribution in [1.29, 1.82) is 0 Å². The van der Waals surface area contributed by atoms with Crippen LogP contribution in [-0.4, -0.2) is 43.1 Å². The second kappa shape index (κ2) is 7.89. The number of rotatable bonds is 6. The quantitative estimate of drug-likeness (QED) is 0.618. The Hall–Kier alpha value is -2.43. The fourth-order valence-corrected chi connectivity index (χ4v) is 1.49. The highest BCUT2D eigenvalue weighted by molar-refractivity contribution is 6.41. The van der Waals surface area contributed by atoms with Crippen LogP contribution in [0.3, 0.4) is 0 Å². The lowest BCUT2D eigenvalue weighted by Crippen LogP contribution is -2.35. The number of ketones is 1. The molecule has 1 aromatic rings. The van der Waals surface area contributed by atoms with Crippen LogP contribution in [0.15, 0.2) is 36.4 Å². The van der Waals surface area contributed by atoms with Crippen molar-refractivity contribution in [1.82, 2.24) is 10.2 Å². The van der Waals surface area contributed by atoms with E-state index >= 15 is 0 Å². The normalized spacial score (nSPS) is 10.3. The fraction of sp³-hybridized carbons (Fsp3) is 0.267. The lowest BCUT2D eigenvalue weighted by atomic mass is 10.2. The van der Waals surface area contributed by atoms with Gasteiger partial charge < -0.3 is 10.2 Å². The summed E-state index contributed by atoms with van der Waals surface area (Å²) in [6.07, 6.45) is 3.01. The maximum Gasteiger partial charge on any atom is 0.294 e. The number of nitrogens with one attached hydrogen (secondary N) is 1. The van der Waals surface area contributed by atoms with E-state index < -0.39 is 11.7 Å². The molecule has 0 aliphatic rings. The Kier molecular flexibility index (Phi) is 6.16. The van der Waals surface area contributed by atoms with Gasteiger partial charge in [0, 0.05) is 27.1 Å². The van der Waals surface area contributed by atoms with E-state index in [4.69, 9.17) is 0 Å². The smallest absolute Gasteiger partial charge is 0.294 e. The summed E-state index contributed by atoms with van der Waals surface area (Å²) in [6, 6.07) is 9.24. The number of benzene rings is 1. The topological polar surface area (TPSA) is 66.5 Å². The second-order valence-corrected chi connectivity index (χ2v) is 4.26. The molecule has 0 aromatic heterocycles. The molecule has 1 rings (SSSR count). The summed E-state index contributed by atoms with van der Waals surface area (Å²) < 4.78 is 0. The average Bonchev–Trinajstić information content (AvgIpc) is 2.49. The van der Waals surface area contributed by atoms with Crippen molar-refractivity contribution in [2.45, 2.75) is 6.42 Å². The molecule has 0 atom stereocenters. The molecule has 20 heavy (non-hydrogen) atoms. The van der Waals surface area contributed by atoms with Gasteiger partial charge in [-0.05, 0) is 11.6 Å². The molecule has 1 N–H and O–H groups in total. The van der Waals surface area contributed by atoms with Crippen LogP contribution in [0.5, 0.6) is 0 Å². The Morgan fingerprint density at radius 3 is 2.45 bits per heavy atom. The van der Waals surface area contributed by atoms with Gasteiger partial charge >= 0.3 is 0 Å². The molecule has 5 heteroatoms. The molecule has 0 heterocycles. The summed E-state index contributed by atoms with van der Waals surface area (Å²) in [6.45, 7) is 0.212. The Balaban J connectivity index is 2.52. The number of likely N-dealkylation sites (N-methyl/N-ethyl adjacent to an activating group) is 1. The minimum atomic E-state index is -0.624. The zero-order valence-corrected chi connectivity index (χ0v) is 11.6. The van der Waals surface area contributed by atoms with Crippen LogP contribution in [0.1, 0.15) is 12.0 Å². The average molecular weight is 274 g/mol. The van der Waals surface area contributed by atoms with Gasteiger partial charge in [0.05, 0.1) is 0 Å². The Morgan fingerprint density at radius 1 is 1.20 bits per heavy atom. The lowest BCUT2D eigenvalue weighted by molar-refractivity contribution is -0.141. The van der Waals surface area contributed by atoms with Crippen LogP contribution in [0.4, 0.5) is 0 Å². The molecule has 106 valence electrons. The first-order valence-electron chi connectivity index (χ1n) is 6.27. The SMILES string of the molecule is CNC(=O)CCN(C)C(=O)C(=O)C=Cc1ccccc1. The van der Waals surface area contributed by atoms with Gasteiger partial charge in [-0.25, -0.2) is 0 Å². The molecule has 0 saturated heterocycles. The molecule has 0 aliphatic heterocycles. The number of hydrogen-bond acceptors (Lipinski definition) is 3. The molecule has 0 fully saturated rings. The first-order chi connectivity index (χ1) is 9.54. The minimum Gasteiger partial charge on any atom is -0.359 e. The standard InChI is InChI=1S/C15H18N2O3/c1-16-14(19)10-11-17(2)15(20)13(18)9-8-12-6-4-3-5-7-12/h3-9H,10-11H2,1-2H3,(H,16,19). The summed E-state index contributed by atoms with van der Waals surface area (Å²) in [7, 11) is 3.03. The highest BCUT2D eigenvalue weighted by Gasteiger charge is 2.16. The number of nitrogens with zero attached hydrogens (tertiary/aromatic N) is 1. The van der Waals surface area contributed by atoms with Gasteiger partial charge in [-0.3, -0.25) is 14.4 Å². The molecule has 1 aromatic carbocycles. The molecule has 0 radical (unpaired) electrons. The zero-order chi connectivity index (χ0) is 15.0. The van der Waals surface area contributed by atoms with E-state index in [9.17, 15) is 14.4 Å². The van der Waals surface area contributed by atoms with Crippen molar-refractivity contribution in [2.75, 3.05) is 20.6 Å². The fourth-order valence-electron chi connectivity index (χ4n) is 1.49. The van der Waals surface area contributed by atoms with Gasteiger partial charge in [-0.1, -0.05) is 36.4 Å². The van der Waals surface area contributed by atoms with Gasteiger partial charge in [-0.2, -0.15) is 0 Å². The van der Waals surface area contributed by atoms with Crippen LogP contribution >= 0.6 is 0 Å². The predicted molar refractivity (Wildman–Crippen MR) is 76.8 cm³/mol. The predicted octanol–water partition coefficient (Wildman–Crippen LogP) is 0.863. The monoisotopic (exact) mass is 274 g/mol. The third kappa shape index (κ3) is 5.06.